The highest BCUT2D eigenvalue weighted by Crippen LogP contribution is 2.43. The first-order chi connectivity index (χ1) is 26.7. The Kier molecular flexibility index (Phi) is 37.3. The Balaban J connectivity index is 4.43. The number of aliphatic hydroxyl groups is 2. The molecule has 0 spiro atoms. The average molecular weight is 793 g/mol. The van der Waals surface area contributed by atoms with Gasteiger partial charge in [0, 0.05) is 12.8 Å². The van der Waals surface area contributed by atoms with Gasteiger partial charge < -0.3 is 24.6 Å². The standard InChI is InChI=1S/C44H73O10P/c1-3-5-7-9-11-13-15-17-18-19-20-21-22-24-26-28-30-32-34-36-44(48)54-42(40-53-55(49,50)52-38-41(46)37-45)39-51-43(47)35-33-31-29-27-25-23-16-14-12-10-8-6-4-2/h5,7-8,10-11,13-14,16-18,20-21,24,26,41-42,45-46H,3-4,6,9,12,15,19,22-23,25,27-40H2,1-2H3,(H,49,50)/b7-5-,10-8-,13-11-,16-14-,18-17-,21-20-,26-24-. The predicted octanol–water partition coefficient (Wildman–Crippen LogP) is 10.7. The van der Waals surface area contributed by atoms with Crippen LogP contribution in [0.1, 0.15) is 142 Å². The molecule has 314 valence electrons. The Morgan fingerprint density at radius 1 is 0.564 bits per heavy atom. The van der Waals surface area contributed by atoms with Gasteiger partial charge in [-0.3, -0.25) is 18.6 Å². The van der Waals surface area contributed by atoms with Crippen molar-refractivity contribution in [3.63, 3.8) is 0 Å². The van der Waals surface area contributed by atoms with Crippen molar-refractivity contribution >= 4 is 19.8 Å². The fourth-order valence-corrected chi connectivity index (χ4v) is 5.67. The number of phosphoric ester groups is 1. The summed E-state index contributed by atoms with van der Waals surface area (Å²) >= 11 is 0. The summed E-state index contributed by atoms with van der Waals surface area (Å²) in [6.45, 7) is 2.11. The number of carbonyl (C=O) groups excluding carboxylic acids is 2. The minimum Gasteiger partial charge on any atom is -0.462 e. The molecule has 0 rings (SSSR count). The van der Waals surface area contributed by atoms with E-state index < -0.39 is 51.8 Å². The van der Waals surface area contributed by atoms with E-state index in [9.17, 15) is 24.2 Å². The molecule has 10 nitrogen and oxygen atoms in total. The van der Waals surface area contributed by atoms with Gasteiger partial charge in [0.2, 0.25) is 0 Å². The molecule has 0 heterocycles. The molecule has 0 aliphatic heterocycles. The van der Waals surface area contributed by atoms with Gasteiger partial charge in [-0.05, 0) is 83.5 Å². The fraction of sp³-hybridized carbons (Fsp3) is 0.636. The van der Waals surface area contributed by atoms with Gasteiger partial charge in [0.25, 0.3) is 0 Å². The normalized spacial score (nSPS) is 14.8. The van der Waals surface area contributed by atoms with E-state index in [0.717, 1.165) is 96.3 Å². The van der Waals surface area contributed by atoms with Gasteiger partial charge in [-0.1, -0.05) is 131 Å². The lowest BCUT2D eigenvalue weighted by Crippen LogP contribution is -2.29. The zero-order valence-electron chi connectivity index (χ0n) is 33.9. The van der Waals surface area contributed by atoms with Crippen LogP contribution in [0.25, 0.3) is 0 Å². The molecule has 3 unspecified atom stereocenters. The van der Waals surface area contributed by atoms with Crippen molar-refractivity contribution in [1.82, 2.24) is 0 Å². The molecular weight excluding hydrogens is 719 g/mol. The van der Waals surface area contributed by atoms with Gasteiger partial charge in [-0.2, -0.15) is 0 Å². The van der Waals surface area contributed by atoms with E-state index in [1.807, 2.05) is 0 Å². The van der Waals surface area contributed by atoms with Crippen LogP contribution < -0.4 is 0 Å². The number of hydrogen-bond donors (Lipinski definition) is 3. The third-order valence-electron chi connectivity index (χ3n) is 8.01. The molecule has 0 radical (unpaired) electrons. The second-order valence-corrected chi connectivity index (χ2v) is 14.7. The summed E-state index contributed by atoms with van der Waals surface area (Å²) in [4.78, 5) is 34.9. The quantitative estimate of drug-likeness (QED) is 0.0240. The number of carbonyl (C=O) groups is 2. The smallest absolute Gasteiger partial charge is 0.462 e. The first-order valence-corrected chi connectivity index (χ1v) is 22.0. The lowest BCUT2D eigenvalue weighted by molar-refractivity contribution is -0.161. The number of unbranched alkanes of at least 4 members (excludes halogenated alkanes) is 9. The molecular formula is C44H73O10P. The van der Waals surface area contributed by atoms with E-state index >= 15 is 0 Å². The van der Waals surface area contributed by atoms with Crippen LogP contribution >= 0.6 is 7.82 Å². The van der Waals surface area contributed by atoms with Crippen molar-refractivity contribution in [2.75, 3.05) is 26.4 Å². The number of rotatable bonds is 37. The van der Waals surface area contributed by atoms with Gasteiger partial charge in [0.15, 0.2) is 6.10 Å². The molecule has 0 aromatic rings. The number of allylic oxidation sites excluding steroid dienone is 14. The number of aliphatic hydroxyl groups excluding tert-OH is 2. The number of ether oxygens (including phenoxy) is 2. The summed E-state index contributed by atoms with van der Waals surface area (Å²) < 4.78 is 32.6. The summed E-state index contributed by atoms with van der Waals surface area (Å²) in [6, 6.07) is 0. The SMILES string of the molecule is CC/C=C\C/C=C\C/C=C\C/C=C\C/C=C\CCCCCC(=O)OC(COC(=O)CCCCCCC/C=C\C/C=C\CCC)COP(=O)(O)OCC(O)CO. The molecule has 0 saturated carbocycles. The molecule has 0 saturated heterocycles. The van der Waals surface area contributed by atoms with Crippen LogP contribution in [-0.4, -0.2) is 65.7 Å². The van der Waals surface area contributed by atoms with E-state index in [1.165, 1.54) is 6.42 Å². The molecule has 55 heavy (non-hydrogen) atoms. The summed E-state index contributed by atoms with van der Waals surface area (Å²) in [6.07, 6.45) is 45.5. The Hall–Kier alpha value is -2.85. The van der Waals surface area contributed by atoms with E-state index in [0.29, 0.717) is 12.8 Å². The summed E-state index contributed by atoms with van der Waals surface area (Å²) in [5.74, 6) is -0.989. The molecule has 3 atom stereocenters. The molecule has 0 fully saturated rings. The Labute approximate surface area is 332 Å². The largest absolute Gasteiger partial charge is 0.472 e. The highest BCUT2D eigenvalue weighted by Gasteiger charge is 2.27. The zero-order valence-corrected chi connectivity index (χ0v) is 34.7. The predicted molar refractivity (Wildman–Crippen MR) is 223 cm³/mol. The van der Waals surface area contributed by atoms with E-state index in [2.05, 4.69) is 103 Å². The molecule has 0 amide bonds. The van der Waals surface area contributed by atoms with E-state index in [-0.39, 0.29) is 19.4 Å². The van der Waals surface area contributed by atoms with Gasteiger partial charge in [0.05, 0.1) is 19.8 Å². The molecule has 0 aromatic heterocycles. The third-order valence-corrected chi connectivity index (χ3v) is 8.97. The second kappa shape index (κ2) is 39.4. The molecule has 0 aliphatic carbocycles. The molecule has 11 heteroatoms. The molecule has 0 aromatic carbocycles. The number of hydrogen-bond acceptors (Lipinski definition) is 9. The van der Waals surface area contributed by atoms with Crippen molar-refractivity contribution in [3.05, 3.63) is 85.1 Å². The Morgan fingerprint density at radius 2 is 1.00 bits per heavy atom. The topological polar surface area (TPSA) is 149 Å². The lowest BCUT2D eigenvalue weighted by Gasteiger charge is -2.20. The highest BCUT2D eigenvalue weighted by atomic mass is 31.2. The van der Waals surface area contributed by atoms with E-state index in [1.54, 1.807) is 0 Å². The van der Waals surface area contributed by atoms with Gasteiger partial charge in [0.1, 0.15) is 12.7 Å². The third kappa shape index (κ3) is 39.2. The summed E-state index contributed by atoms with van der Waals surface area (Å²) in [5.41, 5.74) is 0. The first kappa shape index (κ1) is 52.2. The van der Waals surface area contributed by atoms with Crippen LogP contribution in [0.15, 0.2) is 85.1 Å². The Bertz CT molecular complexity index is 1190. The molecule has 0 aliphatic rings. The van der Waals surface area contributed by atoms with Crippen molar-refractivity contribution in [1.29, 1.82) is 0 Å². The average Bonchev–Trinajstić information content (AvgIpc) is 3.17. The lowest BCUT2D eigenvalue weighted by atomic mass is 10.1. The maximum Gasteiger partial charge on any atom is 0.472 e. The number of esters is 2. The van der Waals surface area contributed by atoms with Gasteiger partial charge in [-0.15, -0.1) is 0 Å². The fourth-order valence-electron chi connectivity index (χ4n) is 4.88. The van der Waals surface area contributed by atoms with E-state index in [4.69, 9.17) is 19.1 Å². The Morgan fingerprint density at radius 3 is 1.53 bits per heavy atom. The van der Waals surface area contributed by atoms with Crippen LogP contribution in [0.3, 0.4) is 0 Å². The van der Waals surface area contributed by atoms with Crippen molar-refractivity contribution < 1.29 is 47.8 Å². The van der Waals surface area contributed by atoms with Crippen LogP contribution in [0.4, 0.5) is 0 Å². The number of phosphoric acid groups is 1. The van der Waals surface area contributed by atoms with Crippen LogP contribution in [-0.2, 0) is 32.7 Å². The van der Waals surface area contributed by atoms with Crippen molar-refractivity contribution in [3.8, 4) is 0 Å². The minimum atomic E-state index is -4.63. The van der Waals surface area contributed by atoms with Gasteiger partial charge in [-0.25, -0.2) is 4.57 Å². The minimum absolute atomic E-state index is 0.137. The second-order valence-electron chi connectivity index (χ2n) is 13.3. The van der Waals surface area contributed by atoms with Crippen LogP contribution in [0.5, 0.6) is 0 Å². The maximum absolute atomic E-state index is 12.6. The highest BCUT2D eigenvalue weighted by molar-refractivity contribution is 7.47. The summed E-state index contributed by atoms with van der Waals surface area (Å²) in [7, 11) is -4.63. The monoisotopic (exact) mass is 792 g/mol. The molecule has 0 bridgehead atoms. The van der Waals surface area contributed by atoms with Gasteiger partial charge >= 0.3 is 19.8 Å². The summed E-state index contributed by atoms with van der Waals surface area (Å²) in [5, 5.41) is 18.3. The van der Waals surface area contributed by atoms with Crippen LogP contribution in [0.2, 0.25) is 0 Å². The maximum atomic E-state index is 12.6. The van der Waals surface area contributed by atoms with Crippen LogP contribution in [0, 0.1) is 0 Å². The first-order valence-electron chi connectivity index (χ1n) is 20.5. The van der Waals surface area contributed by atoms with Crippen molar-refractivity contribution in [2.24, 2.45) is 0 Å². The molecule has 3 N–H and O–H groups in total. The van der Waals surface area contributed by atoms with Crippen molar-refractivity contribution in [2.45, 2.75) is 154 Å². The zero-order chi connectivity index (χ0) is 40.5.